The van der Waals surface area contributed by atoms with Crippen LogP contribution in [0.5, 0.6) is 0 Å². The molecule has 0 amide bonds. The summed E-state index contributed by atoms with van der Waals surface area (Å²) < 4.78 is 22.2. The lowest BCUT2D eigenvalue weighted by molar-refractivity contribution is 0.0357. The van der Waals surface area contributed by atoms with Gasteiger partial charge in [-0.1, -0.05) is 46.3 Å². The predicted octanol–water partition coefficient (Wildman–Crippen LogP) is 7.68. The molecule has 2 saturated carbocycles. The van der Waals surface area contributed by atoms with E-state index >= 15 is 4.39 Å². The molecule has 0 spiro atoms. The van der Waals surface area contributed by atoms with Gasteiger partial charge in [-0.2, -0.15) is 0 Å². The van der Waals surface area contributed by atoms with Gasteiger partial charge in [-0.05, 0) is 100 Å². The highest BCUT2D eigenvalue weighted by Crippen LogP contribution is 2.60. The van der Waals surface area contributed by atoms with Crippen LogP contribution in [-0.2, 0) is 4.43 Å². The van der Waals surface area contributed by atoms with Gasteiger partial charge >= 0.3 is 0 Å². The van der Waals surface area contributed by atoms with Gasteiger partial charge in [0.15, 0.2) is 8.32 Å². The fourth-order valence-corrected chi connectivity index (χ4v) is 10.1. The Hall–Kier alpha value is -0.193. The van der Waals surface area contributed by atoms with Crippen LogP contribution in [0.3, 0.4) is 0 Å². The predicted molar refractivity (Wildman–Crippen MR) is 129 cm³/mol. The Morgan fingerprint density at radius 3 is 2.43 bits per heavy atom. The van der Waals surface area contributed by atoms with Crippen LogP contribution in [0, 0.1) is 23.2 Å². The summed E-state index contributed by atoms with van der Waals surface area (Å²) in [4.78, 5) is 0. The van der Waals surface area contributed by atoms with Gasteiger partial charge in [0.25, 0.3) is 0 Å². The van der Waals surface area contributed by atoms with Crippen LogP contribution in [0.2, 0.25) is 18.1 Å². The van der Waals surface area contributed by atoms with Crippen molar-refractivity contribution < 1.29 is 13.9 Å². The van der Waals surface area contributed by atoms with Crippen molar-refractivity contribution in [2.45, 2.75) is 123 Å². The minimum Gasteiger partial charge on any atom is -0.412 e. The van der Waals surface area contributed by atoms with Crippen molar-refractivity contribution in [1.29, 1.82) is 0 Å². The van der Waals surface area contributed by atoms with Crippen LogP contribution in [0.15, 0.2) is 11.6 Å². The SMILES string of the molecule is CC[Si](CC)(CC)OC(C)(C)CC[C@H](F)[C@@H](C)[C@H]1CC[C@H]2/C(=C/CO)CCC[C@]12C. The molecule has 2 nitrogen and oxygen atoms in total. The zero-order valence-corrected chi connectivity index (χ0v) is 21.9. The van der Waals surface area contributed by atoms with E-state index in [1.807, 2.05) is 6.08 Å². The zero-order valence-electron chi connectivity index (χ0n) is 20.9. The second-order valence-electron chi connectivity index (χ2n) is 11.1. The van der Waals surface area contributed by atoms with Gasteiger partial charge in [-0.15, -0.1) is 0 Å². The number of halogens is 1. The average molecular weight is 441 g/mol. The highest BCUT2D eigenvalue weighted by Gasteiger charge is 2.52. The number of rotatable bonds is 11. The Morgan fingerprint density at radius 1 is 1.23 bits per heavy atom. The van der Waals surface area contributed by atoms with Gasteiger partial charge in [0, 0.05) is 0 Å². The van der Waals surface area contributed by atoms with Crippen LogP contribution in [0.1, 0.15) is 93.4 Å². The molecule has 0 saturated heterocycles. The summed E-state index contributed by atoms with van der Waals surface area (Å²) >= 11 is 0. The molecule has 30 heavy (non-hydrogen) atoms. The Balaban J connectivity index is 2.00. The largest absolute Gasteiger partial charge is 0.412 e. The second-order valence-corrected chi connectivity index (χ2v) is 15.8. The number of aliphatic hydroxyl groups excluding tert-OH is 1. The van der Waals surface area contributed by atoms with Gasteiger partial charge in [-0.3, -0.25) is 0 Å². The number of hydrogen-bond donors (Lipinski definition) is 1. The molecule has 0 unspecified atom stereocenters. The van der Waals surface area contributed by atoms with Crippen LogP contribution in [0.4, 0.5) is 4.39 Å². The number of aliphatic hydroxyl groups is 1. The summed E-state index contributed by atoms with van der Waals surface area (Å²) in [6.07, 6.45) is 8.46. The summed E-state index contributed by atoms with van der Waals surface area (Å²) in [5.74, 6) is 1.08. The second kappa shape index (κ2) is 10.6. The summed E-state index contributed by atoms with van der Waals surface area (Å²) in [6, 6.07) is 3.43. The molecule has 0 heterocycles. The highest BCUT2D eigenvalue weighted by atomic mass is 28.4. The minimum atomic E-state index is -1.68. The van der Waals surface area contributed by atoms with E-state index in [9.17, 15) is 5.11 Å². The lowest BCUT2D eigenvalue weighted by Gasteiger charge is -2.45. The quantitative estimate of drug-likeness (QED) is 0.264. The molecule has 2 aliphatic carbocycles. The molecule has 2 aliphatic rings. The van der Waals surface area contributed by atoms with Crippen molar-refractivity contribution in [3.8, 4) is 0 Å². The van der Waals surface area contributed by atoms with E-state index in [-0.39, 0.29) is 23.5 Å². The minimum absolute atomic E-state index is 0.0924. The topological polar surface area (TPSA) is 29.5 Å². The zero-order chi connectivity index (χ0) is 22.6. The molecule has 2 fully saturated rings. The van der Waals surface area contributed by atoms with Crippen molar-refractivity contribution in [3.05, 3.63) is 11.6 Å². The van der Waals surface area contributed by atoms with Crippen LogP contribution < -0.4 is 0 Å². The number of fused-ring (bicyclic) bond motifs is 1. The average Bonchev–Trinajstić information content (AvgIpc) is 3.08. The van der Waals surface area contributed by atoms with Crippen molar-refractivity contribution in [2.24, 2.45) is 23.2 Å². The van der Waals surface area contributed by atoms with Gasteiger partial charge < -0.3 is 9.53 Å². The lowest BCUT2D eigenvalue weighted by Crippen LogP contribution is -2.45. The fraction of sp³-hybridized carbons (Fsp3) is 0.923. The van der Waals surface area contributed by atoms with E-state index in [2.05, 4.69) is 48.5 Å². The van der Waals surface area contributed by atoms with Crippen molar-refractivity contribution >= 4 is 8.32 Å². The van der Waals surface area contributed by atoms with E-state index < -0.39 is 14.5 Å². The lowest BCUT2D eigenvalue weighted by atomic mass is 9.60. The molecule has 0 aliphatic heterocycles. The molecule has 0 radical (unpaired) electrons. The maximum Gasteiger partial charge on any atom is 0.192 e. The molecule has 2 rings (SSSR count). The molecule has 0 aromatic heterocycles. The molecular weight excluding hydrogens is 391 g/mol. The van der Waals surface area contributed by atoms with Crippen LogP contribution >= 0.6 is 0 Å². The van der Waals surface area contributed by atoms with Crippen molar-refractivity contribution in [1.82, 2.24) is 0 Å². The fourth-order valence-electron chi connectivity index (χ4n) is 6.91. The molecule has 4 heteroatoms. The first-order valence-corrected chi connectivity index (χ1v) is 15.2. The number of alkyl halides is 1. The van der Waals surface area contributed by atoms with E-state index in [0.717, 1.165) is 43.8 Å². The Kier molecular flexibility index (Phi) is 9.22. The highest BCUT2D eigenvalue weighted by molar-refractivity contribution is 6.73. The van der Waals surface area contributed by atoms with E-state index in [1.165, 1.54) is 18.4 Å². The Morgan fingerprint density at radius 2 is 1.87 bits per heavy atom. The summed E-state index contributed by atoms with van der Waals surface area (Å²) in [6.45, 7) is 15.8. The maximum atomic E-state index is 15.5. The monoisotopic (exact) mass is 440 g/mol. The van der Waals surface area contributed by atoms with Gasteiger partial charge in [-0.25, -0.2) is 4.39 Å². The van der Waals surface area contributed by atoms with E-state index in [0.29, 0.717) is 18.3 Å². The molecule has 0 bridgehead atoms. The third kappa shape index (κ3) is 5.59. The summed E-state index contributed by atoms with van der Waals surface area (Å²) in [5.41, 5.74) is 1.40. The third-order valence-corrected chi connectivity index (χ3v) is 13.9. The Bertz CT molecular complexity index is 563. The van der Waals surface area contributed by atoms with Gasteiger partial charge in [0.2, 0.25) is 0 Å². The van der Waals surface area contributed by atoms with Gasteiger partial charge in [0.05, 0.1) is 12.2 Å². The third-order valence-electron chi connectivity index (χ3n) is 9.04. The van der Waals surface area contributed by atoms with E-state index in [1.54, 1.807) is 0 Å². The molecule has 1 N–H and O–H groups in total. The number of hydrogen-bond acceptors (Lipinski definition) is 2. The molecular formula is C26H49FO2Si. The maximum absolute atomic E-state index is 15.5. The summed E-state index contributed by atoms with van der Waals surface area (Å²) in [5, 5.41) is 9.42. The number of allylic oxidation sites excluding steroid dienone is 1. The first kappa shape index (κ1) is 26.1. The first-order chi connectivity index (χ1) is 14.1. The van der Waals surface area contributed by atoms with Crippen LogP contribution in [-0.4, -0.2) is 31.8 Å². The standard InChI is InChI=1S/C26H49FO2Si/c1-8-30(9-2,10-3)29-25(5,6)18-15-24(27)20(4)22-13-14-23-21(16-19-28)12-11-17-26(22,23)7/h16,20,22-24,28H,8-15,17-19H2,1-7H3/b21-16+/t20-,22+,23-,24-,26+/m0/s1. The molecule has 0 aromatic carbocycles. The van der Waals surface area contributed by atoms with E-state index in [4.69, 9.17) is 4.43 Å². The molecule has 176 valence electrons. The first-order valence-electron chi connectivity index (χ1n) is 12.7. The Labute approximate surface area is 187 Å². The van der Waals surface area contributed by atoms with Crippen LogP contribution in [0.25, 0.3) is 0 Å². The molecule has 5 atom stereocenters. The molecule has 0 aromatic rings. The summed E-state index contributed by atoms with van der Waals surface area (Å²) in [7, 11) is -1.68. The van der Waals surface area contributed by atoms with Crippen molar-refractivity contribution in [3.63, 3.8) is 0 Å². The van der Waals surface area contributed by atoms with Gasteiger partial charge in [0.1, 0.15) is 6.17 Å². The van der Waals surface area contributed by atoms with Crippen molar-refractivity contribution in [2.75, 3.05) is 6.61 Å². The smallest absolute Gasteiger partial charge is 0.192 e. The normalized spacial score (nSPS) is 31.0.